The fraction of sp³-hybridized carbons (Fsp3) is 0.333. The molecule has 0 saturated heterocycles. The lowest BCUT2D eigenvalue weighted by atomic mass is 10.1. The normalized spacial score (nSPS) is 11.7. The van der Waals surface area contributed by atoms with Crippen molar-refractivity contribution < 1.29 is 17.9 Å². The lowest BCUT2D eigenvalue weighted by Gasteiger charge is -2.07. The molecule has 0 atom stereocenters. The van der Waals surface area contributed by atoms with E-state index in [9.17, 15) is 17.9 Å². The Bertz CT molecular complexity index is 470. The number of sulfone groups is 1. The number of phenolic OH excluding ortho intramolecular Hbond substituents is 1. The van der Waals surface area contributed by atoms with Crippen molar-refractivity contribution in [2.45, 2.75) is 11.3 Å². The van der Waals surface area contributed by atoms with Gasteiger partial charge < -0.3 is 10.8 Å². The fourth-order valence-electron chi connectivity index (χ4n) is 1.23. The molecule has 6 heteroatoms. The van der Waals surface area contributed by atoms with Crippen molar-refractivity contribution in [2.24, 2.45) is 5.73 Å². The van der Waals surface area contributed by atoms with Gasteiger partial charge in [0.2, 0.25) is 0 Å². The van der Waals surface area contributed by atoms with E-state index < -0.39 is 26.3 Å². The highest BCUT2D eigenvalue weighted by atomic mass is 32.2. The molecule has 0 heterocycles. The van der Waals surface area contributed by atoms with Crippen LogP contribution in [0, 0.1) is 5.82 Å². The summed E-state index contributed by atoms with van der Waals surface area (Å²) >= 11 is 0. The van der Waals surface area contributed by atoms with Gasteiger partial charge in [0, 0.05) is 6.26 Å². The summed E-state index contributed by atoms with van der Waals surface area (Å²) in [5.74, 6) is -1.74. The van der Waals surface area contributed by atoms with E-state index in [1.165, 1.54) is 6.07 Å². The molecule has 15 heavy (non-hydrogen) atoms. The van der Waals surface area contributed by atoms with Gasteiger partial charge in [0.1, 0.15) is 4.90 Å². The predicted octanol–water partition coefficient (Wildman–Crippen LogP) is 0.436. The molecule has 0 spiro atoms. The zero-order valence-electron chi connectivity index (χ0n) is 8.20. The Balaban J connectivity index is 3.34. The van der Waals surface area contributed by atoms with Gasteiger partial charge >= 0.3 is 0 Å². The van der Waals surface area contributed by atoms with E-state index in [2.05, 4.69) is 0 Å². The summed E-state index contributed by atoms with van der Waals surface area (Å²) in [7, 11) is -3.65. The molecule has 0 aliphatic heterocycles. The standard InChI is InChI=1S/C9H12FNO3S/c1-15(13,14)7-3-2-6(4-5-11)9(12)8(7)10/h2-3,12H,4-5,11H2,1H3. The number of phenols is 1. The third-order valence-electron chi connectivity index (χ3n) is 1.98. The fourth-order valence-corrected chi connectivity index (χ4v) is 1.97. The Morgan fingerprint density at radius 2 is 2.07 bits per heavy atom. The smallest absolute Gasteiger partial charge is 0.183 e. The molecule has 0 saturated carbocycles. The molecule has 3 N–H and O–H groups in total. The maximum Gasteiger partial charge on any atom is 0.183 e. The van der Waals surface area contributed by atoms with Crippen LogP contribution in [0.4, 0.5) is 4.39 Å². The van der Waals surface area contributed by atoms with Crippen molar-refractivity contribution in [3.63, 3.8) is 0 Å². The zero-order chi connectivity index (χ0) is 11.6. The van der Waals surface area contributed by atoms with Crippen molar-refractivity contribution in [1.82, 2.24) is 0 Å². The van der Waals surface area contributed by atoms with Crippen molar-refractivity contribution in [2.75, 3.05) is 12.8 Å². The van der Waals surface area contributed by atoms with E-state index in [0.717, 1.165) is 12.3 Å². The van der Waals surface area contributed by atoms with Gasteiger partial charge in [-0.2, -0.15) is 0 Å². The van der Waals surface area contributed by atoms with Crippen LogP contribution >= 0.6 is 0 Å². The van der Waals surface area contributed by atoms with Crippen molar-refractivity contribution in [3.8, 4) is 5.75 Å². The van der Waals surface area contributed by atoms with Crippen molar-refractivity contribution in [1.29, 1.82) is 0 Å². The van der Waals surface area contributed by atoms with Crippen molar-refractivity contribution >= 4 is 9.84 Å². The third-order valence-corrected chi connectivity index (χ3v) is 3.09. The third kappa shape index (κ3) is 2.45. The van der Waals surface area contributed by atoms with Crippen LogP contribution in [-0.4, -0.2) is 26.3 Å². The largest absolute Gasteiger partial charge is 0.505 e. The van der Waals surface area contributed by atoms with Crippen LogP contribution in [0.15, 0.2) is 17.0 Å². The second-order valence-corrected chi connectivity index (χ2v) is 5.18. The van der Waals surface area contributed by atoms with Gasteiger partial charge in [-0.3, -0.25) is 0 Å². The molecular weight excluding hydrogens is 221 g/mol. The molecule has 84 valence electrons. The first-order valence-corrected chi connectivity index (χ1v) is 6.17. The van der Waals surface area contributed by atoms with Gasteiger partial charge in [0.25, 0.3) is 0 Å². The summed E-state index contributed by atoms with van der Waals surface area (Å²) in [5.41, 5.74) is 5.56. The molecule has 0 amide bonds. The molecule has 0 radical (unpaired) electrons. The highest BCUT2D eigenvalue weighted by Gasteiger charge is 2.18. The minimum absolute atomic E-state index is 0.255. The highest BCUT2D eigenvalue weighted by Crippen LogP contribution is 2.27. The Kier molecular flexibility index (Phi) is 3.31. The van der Waals surface area contributed by atoms with Crippen LogP contribution in [-0.2, 0) is 16.3 Å². The van der Waals surface area contributed by atoms with E-state index in [0.29, 0.717) is 12.0 Å². The maximum absolute atomic E-state index is 13.4. The molecule has 0 fully saturated rings. The molecule has 0 unspecified atom stereocenters. The summed E-state index contributed by atoms with van der Waals surface area (Å²) in [5, 5.41) is 9.38. The topological polar surface area (TPSA) is 80.4 Å². The van der Waals surface area contributed by atoms with Gasteiger partial charge in [-0.15, -0.1) is 0 Å². The van der Waals surface area contributed by atoms with Crippen LogP contribution < -0.4 is 5.73 Å². The first-order valence-electron chi connectivity index (χ1n) is 4.28. The summed E-state index contributed by atoms with van der Waals surface area (Å²) < 4.78 is 35.6. The van der Waals surface area contributed by atoms with Crippen LogP contribution in [0.25, 0.3) is 0 Å². The van der Waals surface area contributed by atoms with Crippen LogP contribution in [0.2, 0.25) is 0 Å². The molecule has 0 aliphatic carbocycles. The quantitative estimate of drug-likeness (QED) is 0.793. The first kappa shape index (κ1) is 11.9. The lowest BCUT2D eigenvalue weighted by Crippen LogP contribution is -2.06. The molecule has 4 nitrogen and oxygen atoms in total. The van der Waals surface area contributed by atoms with E-state index in [-0.39, 0.29) is 6.54 Å². The summed E-state index contributed by atoms with van der Waals surface area (Å²) in [6.07, 6.45) is 1.18. The molecule has 0 bridgehead atoms. The number of hydrogen-bond acceptors (Lipinski definition) is 4. The van der Waals surface area contributed by atoms with Gasteiger partial charge in [0.15, 0.2) is 21.4 Å². The number of hydrogen-bond donors (Lipinski definition) is 2. The number of halogens is 1. The summed E-state index contributed by atoms with van der Waals surface area (Å²) in [6.45, 7) is 0.255. The van der Waals surface area contributed by atoms with Gasteiger partial charge in [0.05, 0.1) is 0 Å². The second-order valence-electron chi connectivity index (χ2n) is 3.20. The van der Waals surface area contributed by atoms with Crippen LogP contribution in [0.5, 0.6) is 5.75 Å². The van der Waals surface area contributed by atoms with Gasteiger partial charge in [-0.1, -0.05) is 6.07 Å². The van der Waals surface area contributed by atoms with E-state index in [4.69, 9.17) is 5.73 Å². The number of benzene rings is 1. The Morgan fingerprint density at radius 3 is 2.53 bits per heavy atom. The average molecular weight is 233 g/mol. The van der Waals surface area contributed by atoms with E-state index in [1.54, 1.807) is 0 Å². The Hall–Kier alpha value is -1.14. The Morgan fingerprint density at radius 1 is 1.47 bits per heavy atom. The number of nitrogens with two attached hydrogens (primary N) is 1. The van der Waals surface area contributed by atoms with Crippen molar-refractivity contribution in [3.05, 3.63) is 23.5 Å². The first-order chi connectivity index (χ1) is 6.88. The Labute approximate surface area is 87.5 Å². The molecule has 0 aromatic heterocycles. The predicted molar refractivity (Wildman–Crippen MR) is 53.9 cm³/mol. The minimum Gasteiger partial charge on any atom is -0.505 e. The monoisotopic (exact) mass is 233 g/mol. The van der Waals surface area contributed by atoms with E-state index in [1.807, 2.05) is 0 Å². The molecule has 1 aromatic carbocycles. The minimum atomic E-state index is -3.65. The molecule has 1 rings (SSSR count). The lowest BCUT2D eigenvalue weighted by molar-refractivity contribution is 0.416. The maximum atomic E-state index is 13.4. The average Bonchev–Trinajstić information content (AvgIpc) is 2.11. The number of aromatic hydroxyl groups is 1. The van der Waals surface area contributed by atoms with Gasteiger partial charge in [-0.25, -0.2) is 12.8 Å². The summed E-state index contributed by atoms with van der Waals surface area (Å²) in [4.78, 5) is -0.499. The molecule has 1 aromatic rings. The van der Waals surface area contributed by atoms with Crippen LogP contribution in [0.3, 0.4) is 0 Å². The van der Waals surface area contributed by atoms with E-state index >= 15 is 0 Å². The molecule has 0 aliphatic rings. The number of rotatable bonds is 3. The van der Waals surface area contributed by atoms with Crippen LogP contribution in [0.1, 0.15) is 5.56 Å². The SMILES string of the molecule is CS(=O)(=O)c1ccc(CCN)c(O)c1F. The highest BCUT2D eigenvalue weighted by molar-refractivity contribution is 7.90. The second kappa shape index (κ2) is 4.16. The van der Waals surface area contributed by atoms with Gasteiger partial charge in [-0.05, 0) is 24.6 Å². The summed E-state index contributed by atoms with van der Waals surface area (Å²) in [6, 6.07) is 2.50. The zero-order valence-corrected chi connectivity index (χ0v) is 9.01. The molecular formula is C9H12FNO3S.